The van der Waals surface area contributed by atoms with Crippen LogP contribution < -0.4 is 4.74 Å². The third-order valence-electron chi connectivity index (χ3n) is 4.43. The van der Waals surface area contributed by atoms with E-state index in [2.05, 4.69) is 24.0 Å². The zero-order valence-corrected chi connectivity index (χ0v) is 13.3. The molecule has 0 bridgehead atoms. The second kappa shape index (κ2) is 8.05. The molecule has 1 heterocycles. The van der Waals surface area contributed by atoms with Crippen LogP contribution in [0.3, 0.4) is 0 Å². The zero-order chi connectivity index (χ0) is 15.1. The standard InChI is InChI=1S/C18H26N2O/c1-3-5-15-6-4-10-20(11-9-15)14-16-7-8-18(21-2)17(12-16)13-19/h7-8,12,15H,3-6,9-11,14H2,1-2H3. The van der Waals surface area contributed by atoms with Gasteiger partial charge in [0.1, 0.15) is 11.8 Å². The Hall–Kier alpha value is -1.53. The highest BCUT2D eigenvalue weighted by atomic mass is 16.5. The third-order valence-corrected chi connectivity index (χ3v) is 4.43. The molecule has 3 heteroatoms. The smallest absolute Gasteiger partial charge is 0.136 e. The van der Waals surface area contributed by atoms with E-state index in [4.69, 9.17) is 4.74 Å². The summed E-state index contributed by atoms with van der Waals surface area (Å²) in [6.07, 6.45) is 6.65. The summed E-state index contributed by atoms with van der Waals surface area (Å²) < 4.78 is 5.21. The van der Waals surface area contributed by atoms with Gasteiger partial charge in [-0.1, -0.05) is 25.8 Å². The van der Waals surface area contributed by atoms with Crippen molar-refractivity contribution in [3.8, 4) is 11.8 Å². The largest absolute Gasteiger partial charge is 0.495 e. The maximum Gasteiger partial charge on any atom is 0.136 e. The fourth-order valence-corrected chi connectivity index (χ4v) is 3.28. The van der Waals surface area contributed by atoms with Gasteiger partial charge in [0.05, 0.1) is 12.7 Å². The molecule has 1 aliphatic heterocycles. The van der Waals surface area contributed by atoms with E-state index in [1.165, 1.54) is 50.8 Å². The van der Waals surface area contributed by atoms with Crippen LogP contribution in [0.1, 0.15) is 50.2 Å². The molecule has 0 spiro atoms. The summed E-state index contributed by atoms with van der Waals surface area (Å²) in [5.41, 5.74) is 1.84. The van der Waals surface area contributed by atoms with Gasteiger partial charge in [-0.2, -0.15) is 5.26 Å². The maximum atomic E-state index is 9.18. The predicted octanol–water partition coefficient (Wildman–Crippen LogP) is 3.97. The van der Waals surface area contributed by atoms with Crippen molar-refractivity contribution in [3.05, 3.63) is 29.3 Å². The predicted molar refractivity (Wildman–Crippen MR) is 85.2 cm³/mol. The second-order valence-corrected chi connectivity index (χ2v) is 6.01. The molecular weight excluding hydrogens is 260 g/mol. The van der Waals surface area contributed by atoms with Crippen molar-refractivity contribution in [2.75, 3.05) is 20.2 Å². The number of ether oxygens (including phenoxy) is 1. The molecule has 1 saturated heterocycles. The Morgan fingerprint density at radius 3 is 2.90 bits per heavy atom. The molecule has 3 nitrogen and oxygen atoms in total. The molecule has 0 saturated carbocycles. The number of likely N-dealkylation sites (tertiary alicyclic amines) is 1. The van der Waals surface area contributed by atoms with E-state index in [9.17, 15) is 5.26 Å². The number of nitriles is 1. The minimum absolute atomic E-state index is 0.633. The Balaban J connectivity index is 1.97. The summed E-state index contributed by atoms with van der Waals surface area (Å²) in [7, 11) is 1.61. The number of hydrogen-bond donors (Lipinski definition) is 0. The van der Waals surface area contributed by atoms with Gasteiger partial charge in [0.25, 0.3) is 0 Å². The molecule has 0 aliphatic carbocycles. The third kappa shape index (κ3) is 4.47. The molecule has 1 aromatic rings. The quantitative estimate of drug-likeness (QED) is 0.821. The highest BCUT2D eigenvalue weighted by Crippen LogP contribution is 2.24. The Kier molecular flexibility index (Phi) is 6.07. The van der Waals surface area contributed by atoms with Crippen molar-refractivity contribution in [2.24, 2.45) is 5.92 Å². The number of nitrogens with zero attached hydrogens (tertiary/aromatic N) is 2. The molecule has 114 valence electrons. The lowest BCUT2D eigenvalue weighted by atomic mass is 9.96. The minimum atomic E-state index is 0.633. The first-order valence-electron chi connectivity index (χ1n) is 8.06. The average molecular weight is 286 g/mol. The number of methoxy groups -OCH3 is 1. The van der Waals surface area contributed by atoms with Crippen molar-refractivity contribution in [2.45, 2.75) is 45.6 Å². The van der Waals surface area contributed by atoms with Crippen LogP contribution in [0.15, 0.2) is 18.2 Å². The number of hydrogen-bond acceptors (Lipinski definition) is 3. The van der Waals surface area contributed by atoms with Gasteiger partial charge in [-0.05, 0) is 56.0 Å². The molecule has 0 amide bonds. The molecule has 1 atom stereocenters. The van der Waals surface area contributed by atoms with Crippen LogP contribution in [0.25, 0.3) is 0 Å². The Morgan fingerprint density at radius 2 is 2.19 bits per heavy atom. The van der Waals surface area contributed by atoms with Gasteiger partial charge in [0.15, 0.2) is 0 Å². The van der Waals surface area contributed by atoms with Crippen LogP contribution in [-0.4, -0.2) is 25.1 Å². The van der Waals surface area contributed by atoms with Crippen LogP contribution >= 0.6 is 0 Å². The van der Waals surface area contributed by atoms with Gasteiger partial charge < -0.3 is 4.74 Å². The number of benzene rings is 1. The van der Waals surface area contributed by atoms with Crippen molar-refractivity contribution in [1.29, 1.82) is 5.26 Å². The van der Waals surface area contributed by atoms with Gasteiger partial charge in [-0.25, -0.2) is 0 Å². The molecule has 0 N–H and O–H groups in total. The van der Waals surface area contributed by atoms with E-state index in [-0.39, 0.29) is 0 Å². The molecule has 0 aromatic heterocycles. The van der Waals surface area contributed by atoms with Crippen molar-refractivity contribution >= 4 is 0 Å². The molecule has 1 fully saturated rings. The first kappa shape index (κ1) is 15.9. The zero-order valence-electron chi connectivity index (χ0n) is 13.3. The van der Waals surface area contributed by atoms with Gasteiger partial charge in [0, 0.05) is 6.54 Å². The van der Waals surface area contributed by atoms with Crippen LogP contribution in [0.5, 0.6) is 5.75 Å². The van der Waals surface area contributed by atoms with E-state index in [1.807, 2.05) is 12.1 Å². The van der Waals surface area contributed by atoms with Crippen LogP contribution in [0.2, 0.25) is 0 Å². The van der Waals surface area contributed by atoms with E-state index < -0.39 is 0 Å². The Bertz CT molecular complexity index is 492. The minimum Gasteiger partial charge on any atom is -0.495 e. The summed E-state index contributed by atoms with van der Waals surface area (Å²) in [6, 6.07) is 8.17. The topological polar surface area (TPSA) is 36.3 Å². The number of rotatable bonds is 5. The van der Waals surface area contributed by atoms with Crippen LogP contribution in [0, 0.1) is 17.2 Å². The van der Waals surface area contributed by atoms with Gasteiger partial charge >= 0.3 is 0 Å². The first-order valence-corrected chi connectivity index (χ1v) is 8.06. The van der Waals surface area contributed by atoms with Gasteiger partial charge in [-0.3, -0.25) is 4.90 Å². The summed E-state index contributed by atoms with van der Waals surface area (Å²) in [5.74, 6) is 1.57. The molecule has 21 heavy (non-hydrogen) atoms. The van der Waals surface area contributed by atoms with Gasteiger partial charge in [-0.15, -0.1) is 0 Å². The molecule has 1 unspecified atom stereocenters. The fraction of sp³-hybridized carbons (Fsp3) is 0.611. The molecule has 1 aliphatic rings. The van der Waals surface area contributed by atoms with E-state index in [0.717, 1.165) is 12.5 Å². The summed E-state index contributed by atoms with van der Waals surface area (Å²) >= 11 is 0. The summed E-state index contributed by atoms with van der Waals surface area (Å²) in [5, 5.41) is 9.18. The fourth-order valence-electron chi connectivity index (χ4n) is 3.28. The Morgan fingerprint density at radius 1 is 1.33 bits per heavy atom. The Labute approximate surface area is 128 Å². The molecule has 1 aromatic carbocycles. The summed E-state index contributed by atoms with van der Waals surface area (Å²) in [6.45, 7) is 5.58. The molecule has 2 rings (SSSR count). The second-order valence-electron chi connectivity index (χ2n) is 6.01. The van der Waals surface area contributed by atoms with E-state index in [0.29, 0.717) is 11.3 Å². The average Bonchev–Trinajstić information content (AvgIpc) is 2.73. The first-order chi connectivity index (χ1) is 10.3. The highest BCUT2D eigenvalue weighted by Gasteiger charge is 2.16. The molecular formula is C18H26N2O. The SMILES string of the molecule is CCCC1CCCN(Cc2ccc(OC)c(C#N)c2)CC1. The van der Waals surface area contributed by atoms with Crippen LogP contribution in [-0.2, 0) is 6.54 Å². The van der Waals surface area contributed by atoms with Crippen LogP contribution in [0.4, 0.5) is 0 Å². The van der Waals surface area contributed by atoms with Crippen molar-refractivity contribution < 1.29 is 4.74 Å². The molecule has 0 radical (unpaired) electrons. The lowest BCUT2D eigenvalue weighted by Crippen LogP contribution is -2.24. The van der Waals surface area contributed by atoms with Crippen molar-refractivity contribution in [1.82, 2.24) is 4.90 Å². The van der Waals surface area contributed by atoms with E-state index >= 15 is 0 Å². The van der Waals surface area contributed by atoms with E-state index in [1.54, 1.807) is 7.11 Å². The highest BCUT2D eigenvalue weighted by molar-refractivity contribution is 5.45. The summed E-state index contributed by atoms with van der Waals surface area (Å²) in [4.78, 5) is 2.53. The normalized spacial score (nSPS) is 19.8. The maximum absolute atomic E-state index is 9.18. The monoisotopic (exact) mass is 286 g/mol. The van der Waals surface area contributed by atoms with Gasteiger partial charge in [0.2, 0.25) is 0 Å². The lowest BCUT2D eigenvalue weighted by molar-refractivity contribution is 0.271. The van der Waals surface area contributed by atoms with Crippen molar-refractivity contribution in [3.63, 3.8) is 0 Å². The lowest BCUT2D eigenvalue weighted by Gasteiger charge is -2.20.